The molecule has 2 aromatic heterocycles. The minimum Gasteiger partial charge on any atom is -0.348 e. The molecule has 4 rings (SSSR count). The maximum Gasteiger partial charge on any atom is 0.234 e. The predicted octanol–water partition coefficient (Wildman–Crippen LogP) is 3.17. The fourth-order valence-electron chi connectivity index (χ4n) is 3.91. The molecule has 156 valence electrons. The summed E-state index contributed by atoms with van der Waals surface area (Å²) in [6.07, 6.45) is 7.50. The summed E-state index contributed by atoms with van der Waals surface area (Å²) in [5.74, 6) is -1.37. The Morgan fingerprint density at radius 2 is 2.07 bits per heavy atom. The number of carbonyl (C=O) groups excluding carboxylic acids is 1. The van der Waals surface area contributed by atoms with Gasteiger partial charge in [-0.3, -0.25) is 14.7 Å². The zero-order valence-corrected chi connectivity index (χ0v) is 16.7. The number of pyridine rings is 1. The van der Waals surface area contributed by atoms with Crippen LogP contribution >= 0.6 is 0 Å². The Morgan fingerprint density at radius 1 is 1.27 bits per heavy atom. The lowest BCUT2D eigenvalue weighted by molar-refractivity contribution is -0.122. The highest BCUT2D eigenvalue weighted by Crippen LogP contribution is 2.31. The number of hydrogen-bond acceptors (Lipinski definition) is 4. The van der Waals surface area contributed by atoms with Gasteiger partial charge in [-0.25, -0.2) is 13.5 Å². The number of nitrogens with zero attached hydrogens (tertiary/aromatic N) is 4. The molecule has 1 amide bonds. The molecule has 30 heavy (non-hydrogen) atoms. The number of aromatic nitrogens is 3. The minimum atomic E-state index is -0.662. The number of likely N-dealkylation sites (N-methyl/N-ethyl adjacent to an activating group) is 1. The zero-order valence-electron chi connectivity index (χ0n) is 16.7. The van der Waals surface area contributed by atoms with E-state index in [1.54, 1.807) is 18.6 Å². The first-order chi connectivity index (χ1) is 14.5. The van der Waals surface area contributed by atoms with E-state index < -0.39 is 11.6 Å². The molecule has 8 heteroatoms. The monoisotopic (exact) mass is 411 g/mol. The van der Waals surface area contributed by atoms with Crippen LogP contribution in [0.25, 0.3) is 5.69 Å². The Labute approximate surface area is 173 Å². The van der Waals surface area contributed by atoms with Gasteiger partial charge in [-0.05, 0) is 56.1 Å². The number of halogens is 2. The average molecular weight is 411 g/mol. The van der Waals surface area contributed by atoms with Gasteiger partial charge in [0.25, 0.3) is 0 Å². The molecule has 1 aliphatic carbocycles. The molecule has 0 saturated carbocycles. The maximum absolute atomic E-state index is 14.2. The van der Waals surface area contributed by atoms with Gasteiger partial charge in [0.2, 0.25) is 5.91 Å². The normalized spacial score (nSPS) is 15.8. The summed E-state index contributed by atoms with van der Waals surface area (Å²) in [6.45, 7) is 0.905. The SMILES string of the molecule is CN(CC(=O)N[C@@H]1CCCc2c1cnn2-c1ccc(F)cc1F)Cc1ccncc1. The molecule has 0 fully saturated rings. The van der Waals surface area contributed by atoms with Gasteiger partial charge in [0.15, 0.2) is 5.82 Å². The maximum atomic E-state index is 14.2. The summed E-state index contributed by atoms with van der Waals surface area (Å²) in [4.78, 5) is 18.5. The van der Waals surface area contributed by atoms with Gasteiger partial charge in [-0.2, -0.15) is 5.10 Å². The van der Waals surface area contributed by atoms with Crippen LogP contribution in [0.1, 0.15) is 35.7 Å². The standard InChI is InChI=1S/C22H23F2N5O/c1-28(13-15-7-9-25-10-8-15)14-22(30)27-19-3-2-4-20-17(19)12-26-29(20)21-6-5-16(23)11-18(21)24/h5-12,19H,2-4,13-14H2,1H3,(H,27,30)/t19-/m1/s1. The molecule has 0 bridgehead atoms. The van der Waals surface area contributed by atoms with Crippen molar-refractivity contribution in [3.63, 3.8) is 0 Å². The number of nitrogens with one attached hydrogen (secondary N) is 1. The molecule has 0 radical (unpaired) electrons. The molecule has 0 unspecified atom stereocenters. The van der Waals surface area contributed by atoms with E-state index in [0.717, 1.165) is 42.1 Å². The summed E-state index contributed by atoms with van der Waals surface area (Å²) in [6, 6.07) is 7.12. The van der Waals surface area contributed by atoms with Gasteiger partial charge < -0.3 is 5.32 Å². The number of amides is 1. The van der Waals surface area contributed by atoms with E-state index in [2.05, 4.69) is 15.4 Å². The largest absolute Gasteiger partial charge is 0.348 e. The van der Waals surface area contributed by atoms with Gasteiger partial charge in [0, 0.05) is 36.3 Å². The zero-order chi connectivity index (χ0) is 21.1. The van der Waals surface area contributed by atoms with Crippen molar-refractivity contribution in [2.45, 2.75) is 31.8 Å². The highest BCUT2D eigenvalue weighted by atomic mass is 19.1. The van der Waals surface area contributed by atoms with E-state index in [4.69, 9.17) is 0 Å². The number of benzene rings is 1. The van der Waals surface area contributed by atoms with Crippen LogP contribution in [0.2, 0.25) is 0 Å². The summed E-state index contributed by atoms with van der Waals surface area (Å²) >= 11 is 0. The van der Waals surface area contributed by atoms with E-state index in [-0.39, 0.29) is 24.2 Å². The number of rotatable bonds is 6. The quantitative estimate of drug-likeness (QED) is 0.677. The van der Waals surface area contributed by atoms with E-state index >= 15 is 0 Å². The lowest BCUT2D eigenvalue weighted by atomic mass is 9.93. The summed E-state index contributed by atoms with van der Waals surface area (Å²) in [5.41, 5.74) is 3.03. The van der Waals surface area contributed by atoms with Crippen LogP contribution in [0.15, 0.2) is 48.9 Å². The second-order valence-electron chi connectivity index (χ2n) is 7.59. The summed E-state index contributed by atoms with van der Waals surface area (Å²) in [7, 11) is 1.89. The Morgan fingerprint density at radius 3 is 2.83 bits per heavy atom. The van der Waals surface area contributed by atoms with Gasteiger partial charge >= 0.3 is 0 Å². The van der Waals surface area contributed by atoms with Crippen LogP contribution in [0.3, 0.4) is 0 Å². The lowest BCUT2D eigenvalue weighted by Gasteiger charge is -2.25. The molecule has 6 nitrogen and oxygen atoms in total. The Kier molecular flexibility index (Phi) is 5.85. The van der Waals surface area contributed by atoms with Gasteiger partial charge in [-0.1, -0.05) is 0 Å². The lowest BCUT2D eigenvalue weighted by Crippen LogP contribution is -2.38. The van der Waals surface area contributed by atoms with E-state index in [9.17, 15) is 13.6 Å². The highest BCUT2D eigenvalue weighted by molar-refractivity contribution is 5.78. The highest BCUT2D eigenvalue weighted by Gasteiger charge is 2.27. The summed E-state index contributed by atoms with van der Waals surface area (Å²) in [5, 5.41) is 7.40. The third-order valence-corrected chi connectivity index (χ3v) is 5.27. The Bertz CT molecular complexity index is 1040. The van der Waals surface area contributed by atoms with Crippen molar-refractivity contribution in [2.24, 2.45) is 0 Å². The van der Waals surface area contributed by atoms with Gasteiger partial charge in [-0.15, -0.1) is 0 Å². The van der Waals surface area contributed by atoms with E-state index in [0.29, 0.717) is 6.54 Å². The second kappa shape index (κ2) is 8.71. The topological polar surface area (TPSA) is 63.1 Å². The first-order valence-electron chi connectivity index (χ1n) is 9.90. The van der Waals surface area contributed by atoms with Crippen molar-refractivity contribution < 1.29 is 13.6 Å². The Hall–Kier alpha value is -3.13. The molecule has 1 atom stereocenters. The van der Waals surface area contributed by atoms with Crippen molar-refractivity contribution in [2.75, 3.05) is 13.6 Å². The molecular weight excluding hydrogens is 388 g/mol. The molecular formula is C22H23F2N5O. The fourth-order valence-corrected chi connectivity index (χ4v) is 3.91. The summed E-state index contributed by atoms with van der Waals surface area (Å²) < 4.78 is 29.0. The number of fused-ring (bicyclic) bond motifs is 1. The van der Waals surface area contributed by atoms with Crippen molar-refractivity contribution >= 4 is 5.91 Å². The molecule has 1 aliphatic rings. The molecule has 0 spiro atoms. The Balaban J connectivity index is 1.45. The van der Waals surface area contributed by atoms with Crippen molar-refractivity contribution in [3.8, 4) is 5.69 Å². The van der Waals surface area contributed by atoms with Crippen LogP contribution in [0.5, 0.6) is 0 Å². The van der Waals surface area contributed by atoms with Crippen LogP contribution in [-0.2, 0) is 17.8 Å². The van der Waals surface area contributed by atoms with Crippen LogP contribution in [-0.4, -0.2) is 39.2 Å². The third-order valence-electron chi connectivity index (χ3n) is 5.27. The second-order valence-corrected chi connectivity index (χ2v) is 7.59. The average Bonchev–Trinajstić information content (AvgIpc) is 3.13. The third kappa shape index (κ3) is 4.38. The molecule has 0 aliphatic heterocycles. The minimum absolute atomic E-state index is 0.0786. The van der Waals surface area contributed by atoms with E-state index in [1.807, 2.05) is 24.1 Å². The smallest absolute Gasteiger partial charge is 0.234 e. The first kappa shape index (κ1) is 20.2. The molecule has 1 aromatic carbocycles. The van der Waals surface area contributed by atoms with Crippen molar-refractivity contribution in [3.05, 3.63) is 77.4 Å². The molecule has 1 N–H and O–H groups in total. The van der Waals surface area contributed by atoms with Crippen LogP contribution in [0, 0.1) is 11.6 Å². The molecule has 3 aromatic rings. The predicted molar refractivity (Wildman–Crippen MR) is 108 cm³/mol. The fraction of sp³-hybridized carbons (Fsp3) is 0.318. The first-order valence-corrected chi connectivity index (χ1v) is 9.90. The van der Waals surface area contributed by atoms with Gasteiger partial charge in [0.1, 0.15) is 11.5 Å². The van der Waals surface area contributed by atoms with Gasteiger partial charge in [0.05, 0.1) is 18.8 Å². The molecule has 0 saturated heterocycles. The van der Waals surface area contributed by atoms with Crippen LogP contribution in [0.4, 0.5) is 8.78 Å². The van der Waals surface area contributed by atoms with E-state index in [1.165, 1.54) is 16.8 Å². The number of carbonyl (C=O) groups is 1. The van der Waals surface area contributed by atoms with Crippen molar-refractivity contribution in [1.29, 1.82) is 0 Å². The van der Waals surface area contributed by atoms with Crippen LogP contribution < -0.4 is 5.32 Å². The molecule has 2 heterocycles. The van der Waals surface area contributed by atoms with Crippen molar-refractivity contribution in [1.82, 2.24) is 25.0 Å². The number of hydrogen-bond donors (Lipinski definition) is 1.